The fraction of sp³-hybridized carbons (Fsp3) is 0. The first-order chi connectivity index (χ1) is 14.2. The summed E-state index contributed by atoms with van der Waals surface area (Å²) in [5.41, 5.74) is 0. The van der Waals surface area contributed by atoms with Crippen molar-refractivity contribution in [1.82, 2.24) is 0 Å². The maximum absolute atomic E-state index is 12.3. The summed E-state index contributed by atoms with van der Waals surface area (Å²) in [5.74, 6) is 0. The SMILES string of the molecule is O=C(O)OP(c1ccccc1)(c1ccccc1)(c1ccccc1)c1ccccc1. The van der Waals surface area contributed by atoms with E-state index in [1.54, 1.807) is 0 Å². The van der Waals surface area contributed by atoms with Crippen LogP contribution in [0.2, 0.25) is 0 Å². The number of hydrogen-bond donors (Lipinski definition) is 1. The van der Waals surface area contributed by atoms with Gasteiger partial charge in [0.15, 0.2) is 0 Å². The molecule has 0 aliphatic carbocycles. The Hall–Kier alpha value is -3.42. The average Bonchev–Trinajstić information content (AvgIpc) is 2.80. The van der Waals surface area contributed by atoms with Crippen molar-refractivity contribution in [3.05, 3.63) is 121 Å². The first kappa shape index (κ1) is 18.9. The van der Waals surface area contributed by atoms with E-state index in [-0.39, 0.29) is 0 Å². The molecule has 0 fully saturated rings. The van der Waals surface area contributed by atoms with Crippen molar-refractivity contribution in [3.63, 3.8) is 0 Å². The fourth-order valence-corrected chi connectivity index (χ4v) is 9.60. The second kappa shape index (κ2) is 7.54. The second-order valence-corrected chi connectivity index (χ2v) is 11.1. The molecule has 0 heterocycles. The fourth-order valence-electron chi connectivity index (χ4n) is 4.11. The van der Waals surface area contributed by atoms with Gasteiger partial charge >= 0.3 is 170 Å². The van der Waals surface area contributed by atoms with E-state index in [4.69, 9.17) is 4.52 Å². The van der Waals surface area contributed by atoms with E-state index in [0.29, 0.717) is 0 Å². The van der Waals surface area contributed by atoms with Crippen molar-refractivity contribution in [3.8, 4) is 0 Å². The van der Waals surface area contributed by atoms with Gasteiger partial charge in [0.05, 0.1) is 0 Å². The van der Waals surface area contributed by atoms with Crippen LogP contribution in [0.5, 0.6) is 0 Å². The molecule has 0 aliphatic rings. The van der Waals surface area contributed by atoms with Crippen LogP contribution in [0.3, 0.4) is 0 Å². The standard InChI is InChI=1S/C25H21O3P/c26-25(27)28-29(21-13-5-1-6-14-21,22-15-7-2-8-16-22,23-17-9-3-10-18-23)24-19-11-4-12-20-24/h1-20H,(H,26,27). The minimum atomic E-state index is -4.04. The van der Waals surface area contributed by atoms with E-state index in [9.17, 15) is 9.90 Å². The van der Waals surface area contributed by atoms with Crippen molar-refractivity contribution in [2.45, 2.75) is 0 Å². The van der Waals surface area contributed by atoms with Crippen LogP contribution in [0.4, 0.5) is 4.79 Å². The van der Waals surface area contributed by atoms with Crippen molar-refractivity contribution >= 4 is 34.2 Å². The number of carboxylic acid groups (broad SMARTS) is 1. The third-order valence-corrected chi connectivity index (χ3v) is 10.9. The summed E-state index contributed by atoms with van der Waals surface area (Å²) >= 11 is 0. The Morgan fingerprint density at radius 3 is 0.966 bits per heavy atom. The van der Waals surface area contributed by atoms with Crippen LogP contribution in [0, 0.1) is 0 Å². The van der Waals surface area contributed by atoms with Crippen LogP contribution in [-0.4, -0.2) is 11.3 Å². The number of hydrogen-bond acceptors (Lipinski definition) is 2. The molecule has 4 heteroatoms. The van der Waals surface area contributed by atoms with E-state index < -0.39 is 13.0 Å². The molecule has 144 valence electrons. The van der Waals surface area contributed by atoms with E-state index >= 15 is 0 Å². The van der Waals surface area contributed by atoms with Crippen molar-refractivity contribution < 1.29 is 14.4 Å². The third-order valence-electron chi connectivity index (χ3n) is 5.26. The van der Waals surface area contributed by atoms with Crippen LogP contribution in [0.1, 0.15) is 0 Å². The van der Waals surface area contributed by atoms with Gasteiger partial charge in [-0.15, -0.1) is 0 Å². The topological polar surface area (TPSA) is 46.5 Å². The van der Waals surface area contributed by atoms with E-state index in [1.165, 1.54) is 0 Å². The normalized spacial score (nSPS) is 12.5. The number of carbonyl (C=O) groups is 1. The Balaban J connectivity index is 2.31. The molecule has 0 atom stereocenters. The van der Waals surface area contributed by atoms with Gasteiger partial charge in [0.25, 0.3) is 0 Å². The molecule has 0 aliphatic heterocycles. The van der Waals surface area contributed by atoms with Crippen molar-refractivity contribution in [2.75, 3.05) is 0 Å². The predicted molar refractivity (Wildman–Crippen MR) is 120 cm³/mol. The molecular weight excluding hydrogens is 379 g/mol. The van der Waals surface area contributed by atoms with E-state index in [2.05, 4.69) is 0 Å². The summed E-state index contributed by atoms with van der Waals surface area (Å²) in [5, 5.41) is 13.4. The Kier molecular flexibility index (Phi) is 4.92. The average molecular weight is 400 g/mol. The molecule has 4 aromatic rings. The van der Waals surface area contributed by atoms with Gasteiger partial charge in [-0.25, -0.2) is 0 Å². The molecule has 0 radical (unpaired) electrons. The quantitative estimate of drug-likeness (QED) is 0.504. The Bertz CT molecular complexity index is 928. The zero-order chi connectivity index (χ0) is 20.2. The molecule has 0 unspecified atom stereocenters. The van der Waals surface area contributed by atoms with Gasteiger partial charge in [-0.05, 0) is 0 Å². The van der Waals surface area contributed by atoms with Crippen LogP contribution < -0.4 is 21.2 Å². The molecule has 4 rings (SSSR count). The molecule has 0 saturated heterocycles. The van der Waals surface area contributed by atoms with Crippen molar-refractivity contribution in [1.29, 1.82) is 0 Å². The summed E-state index contributed by atoms with van der Waals surface area (Å²) in [7, 11) is 0. The zero-order valence-electron chi connectivity index (χ0n) is 15.8. The van der Waals surface area contributed by atoms with E-state index in [1.807, 2.05) is 121 Å². The van der Waals surface area contributed by atoms with Gasteiger partial charge in [-0.3, -0.25) is 0 Å². The van der Waals surface area contributed by atoms with Gasteiger partial charge in [-0.2, -0.15) is 0 Å². The molecule has 0 spiro atoms. The molecule has 3 nitrogen and oxygen atoms in total. The third kappa shape index (κ3) is 2.83. The maximum atomic E-state index is 12.3. The Morgan fingerprint density at radius 2 is 0.759 bits per heavy atom. The first-order valence-electron chi connectivity index (χ1n) is 9.35. The molecule has 0 amide bonds. The van der Waals surface area contributed by atoms with Gasteiger partial charge in [0, 0.05) is 0 Å². The van der Waals surface area contributed by atoms with E-state index in [0.717, 1.165) is 21.2 Å². The first-order valence-corrected chi connectivity index (χ1v) is 11.5. The van der Waals surface area contributed by atoms with Crippen molar-refractivity contribution in [2.24, 2.45) is 0 Å². The summed E-state index contributed by atoms with van der Waals surface area (Å²) in [6.45, 7) is -4.04. The van der Waals surface area contributed by atoms with Gasteiger partial charge < -0.3 is 0 Å². The van der Waals surface area contributed by atoms with Crippen LogP contribution in [0.15, 0.2) is 121 Å². The van der Waals surface area contributed by atoms with Crippen LogP contribution in [0.25, 0.3) is 0 Å². The summed E-state index contributed by atoms with van der Waals surface area (Å²) in [6.07, 6.45) is -1.30. The zero-order valence-corrected chi connectivity index (χ0v) is 16.7. The second-order valence-electron chi connectivity index (χ2n) is 6.74. The van der Waals surface area contributed by atoms with Gasteiger partial charge in [-0.1, -0.05) is 0 Å². The number of rotatable bonds is 5. The molecule has 0 aromatic heterocycles. The molecule has 29 heavy (non-hydrogen) atoms. The molecule has 0 saturated carbocycles. The molecular formula is C25H21O3P. The molecule has 0 bridgehead atoms. The molecule has 4 aromatic carbocycles. The summed E-state index contributed by atoms with van der Waals surface area (Å²) in [4.78, 5) is 12.3. The number of benzene rings is 4. The van der Waals surface area contributed by atoms with Crippen LogP contribution in [-0.2, 0) is 4.52 Å². The Morgan fingerprint density at radius 1 is 0.517 bits per heavy atom. The summed E-state index contributed by atoms with van der Waals surface area (Å²) in [6, 6.07) is 38.9. The monoisotopic (exact) mass is 400 g/mol. The van der Waals surface area contributed by atoms with Gasteiger partial charge in [0.2, 0.25) is 0 Å². The summed E-state index contributed by atoms with van der Waals surface area (Å²) < 4.78 is 6.22. The minimum absolute atomic E-state index is 0.837. The van der Waals surface area contributed by atoms with Gasteiger partial charge in [0.1, 0.15) is 0 Å². The Labute approximate surface area is 170 Å². The molecule has 1 N–H and O–H groups in total. The predicted octanol–water partition coefficient (Wildman–Crippen LogP) is 4.45. The van der Waals surface area contributed by atoms with Crippen LogP contribution >= 0.6 is 6.83 Å².